The van der Waals surface area contributed by atoms with Crippen LogP contribution in [0.25, 0.3) is 5.65 Å². The summed E-state index contributed by atoms with van der Waals surface area (Å²) < 4.78 is 1.60. The number of benzene rings is 1. The summed E-state index contributed by atoms with van der Waals surface area (Å²) in [6.45, 7) is 3.51. The Balaban J connectivity index is 1.48. The number of halogens is 2. The molecule has 0 saturated carbocycles. The van der Waals surface area contributed by atoms with Crippen LogP contribution in [0.2, 0.25) is 10.0 Å². The molecule has 0 aliphatic carbocycles. The van der Waals surface area contributed by atoms with E-state index in [9.17, 15) is 9.59 Å². The maximum absolute atomic E-state index is 13.0. The SMILES string of the molecule is Cc1nn2cccnc2c1C(=O)N1CCN(C(=O)c2ccc(Cl)cc2Cl)CC1. The molecule has 0 spiro atoms. The summed E-state index contributed by atoms with van der Waals surface area (Å²) in [6, 6.07) is 6.58. The van der Waals surface area contributed by atoms with Crippen LogP contribution in [-0.4, -0.2) is 62.4 Å². The van der Waals surface area contributed by atoms with Gasteiger partial charge in [-0.1, -0.05) is 23.2 Å². The Labute approximate surface area is 171 Å². The zero-order valence-electron chi connectivity index (χ0n) is 15.1. The first-order chi connectivity index (χ1) is 13.5. The molecule has 2 aromatic heterocycles. The number of carbonyl (C=O) groups is 2. The van der Waals surface area contributed by atoms with Crippen molar-refractivity contribution in [2.75, 3.05) is 26.2 Å². The van der Waals surface area contributed by atoms with E-state index in [-0.39, 0.29) is 11.8 Å². The van der Waals surface area contributed by atoms with Gasteiger partial charge in [-0.3, -0.25) is 9.59 Å². The lowest BCUT2D eigenvalue weighted by molar-refractivity contribution is 0.0536. The largest absolute Gasteiger partial charge is 0.335 e. The van der Waals surface area contributed by atoms with Gasteiger partial charge in [-0.15, -0.1) is 0 Å². The molecule has 0 unspecified atom stereocenters. The minimum absolute atomic E-state index is 0.122. The molecule has 3 heterocycles. The molecule has 1 fully saturated rings. The minimum Gasteiger partial charge on any atom is -0.335 e. The Hall–Kier alpha value is -2.64. The van der Waals surface area contributed by atoms with Crippen LogP contribution >= 0.6 is 23.2 Å². The van der Waals surface area contributed by atoms with Crippen LogP contribution in [0, 0.1) is 6.92 Å². The average molecular weight is 418 g/mol. The number of aromatic nitrogens is 3. The predicted octanol–water partition coefficient (Wildman–Crippen LogP) is 2.94. The summed E-state index contributed by atoms with van der Waals surface area (Å²) in [5.41, 5.74) is 2.08. The molecule has 3 aromatic rings. The first kappa shape index (κ1) is 18.7. The normalized spacial score (nSPS) is 14.5. The third kappa shape index (κ3) is 3.31. The van der Waals surface area contributed by atoms with Gasteiger partial charge in [0.05, 0.1) is 16.3 Å². The van der Waals surface area contributed by atoms with Crippen molar-refractivity contribution in [3.8, 4) is 0 Å². The van der Waals surface area contributed by atoms with Crippen molar-refractivity contribution in [3.05, 3.63) is 63.5 Å². The second kappa shape index (κ2) is 7.41. The lowest BCUT2D eigenvalue weighted by atomic mass is 10.1. The zero-order chi connectivity index (χ0) is 19.8. The maximum atomic E-state index is 13.0. The highest BCUT2D eigenvalue weighted by Gasteiger charge is 2.29. The topological polar surface area (TPSA) is 70.8 Å². The van der Waals surface area contributed by atoms with E-state index in [0.29, 0.717) is 58.7 Å². The standard InChI is InChI=1S/C19H17Cl2N5O2/c1-12-16(17-22-5-2-6-26(17)23-12)19(28)25-9-7-24(8-10-25)18(27)14-4-3-13(20)11-15(14)21/h2-6,11H,7-10H2,1H3. The van der Waals surface area contributed by atoms with Gasteiger partial charge in [0, 0.05) is 43.6 Å². The fourth-order valence-electron chi connectivity index (χ4n) is 3.35. The van der Waals surface area contributed by atoms with Gasteiger partial charge in [0.15, 0.2) is 5.65 Å². The second-order valence-corrected chi connectivity index (χ2v) is 7.40. The zero-order valence-corrected chi connectivity index (χ0v) is 16.6. The van der Waals surface area contributed by atoms with Gasteiger partial charge in [-0.25, -0.2) is 9.50 Å². The highest BCUT2D eigenvalue weighted by molar-refractivity contribution is 6.36. The molecule has 0 atom stereocenters. The molecule has 7 nitrogen and oxygen atoms in total. The van der Waals surface area contributed by atoms with Crippen molar-refractivity contribution < 1.29 is 9.59 Å². The molecule has 28 heavy (non-hydrogen) atoms. The number of amides is 2. The molecular weight excluding hydrogens is 401 g/mol. The predicted molar refractivity (Wildman–Crippen MR) is 106 cm³/mol. The van der Waals surface area contributed by atoms with Crippen LogP contribution in [0.3, 0.4) is 0 Å². The fraction of sp³-hybridized carbons (Fsp3) is 0.263. The smallest absolute Gasteiger partial charge is 0.259 e. The van der Waals surface area contributed by atoms with Gasteiger partial charge < -0.3 is 9.80 Å². The summed E-state index contributed by atoms with van der Waals surface area (Å²) >= 11 is 12.0. The van der Waals surface area contributed by atoms with Gasteiger partial charge in [-0.2, -0.15) is 5.10 Å². The summed E-state index contributed by atoms with van der Waals surface area (Å²) in [5.74, 6) is -0.287. The Morgan fingerprint density at radius 3 is 2.39 bits per heavy atom. The molecular formula is C19H17Cl2N5O2. The van der Waals surface area contributed by atoms with Crippen molar-refractivity contribution in [1.82, 2.24) is 24.4 Å². The molecule has 144 valence electrons. The van der Waals surface area contributed by atoms with E-state index in [1.54, 1.807) is 57.9 Å². The molecule has 1 aliphatic rings. The lowest BCUT2D eigenvalue weighted by Crippen LogP contribution is -2.50. The number of fused-ring (bicyclic) bond motifs is 1. The van der Waals surface area contributed by atoms with Gasteiger partial charge in [-0.05, 0) is 31.2 Å². The van der Waals surface area contributed by atoms with Crippen LogP contribution in [0.4, 0.5) is 0 Å². The molecule has 1 saturated heterocycles. The van der Waals surface area contributed by atoms with Crippen LogP contribution in [0.1, 0.15) is 26.4 Å². The van der Waals surface area contributed by atoms with Crippen LogP contribution in [-0.2, 0) is 0 Å². The average Bonchev–Trinajstić information content (AvgIpc) is 3.03. The van der Waals surface area contributed by atoms with E-state index in [0.717, 1.165) is 0 Å². The molecule has 0 radical (unpaired) electrons. The van der Waals surface area contributed by atoms with Gasteiger partial charge >= 0.3 is 0 Å². The van der Waals surface area contributed by atoms with E-state index >= 15 is 0 Å². The Kier molecular flexibility index (Phi) is 4.95. The Bertz CT molecular complexity index is 1070. The van der Waals surface area contributed by atoms with E-state index in [4.69, 9.17) is 23.2 Å². The molecule has 1 aliphatic heterocycles. The van der Waals surface area contributed by atoms with Gasteiger partial charge in [0.25, 0.3) is 11.8 Å². The molecule has 1 aromatic carbocycles. The number of rotatable bonds is 2. The Morgan fingerprint density at radius 2 is 1.71 bits per heavy atom. The van der Waals surface area contributed by atoms with Crippen molar-refractivity contribution in [3.63, 3.8) is 0 Å². The van der Waals surface area contributed by atoms with E-state index in [1.165, 1.54) is 0 Å². The number of hydrogen-bond acceptors (Lipinski definition) is 4. The first-order valence-electron chi connectivity index (χ1n) is 8.79. The molecule has 4 rings (SSSR count). The first-order valence-corrected chi connectivity index (χ1v) is 9.55. The molecule has 9 heteroatoms. The minimum atomic E-state index is -0.164. The van der Waals surface area contributed by atoms with E-state index < -0.39 is 0 Å². The number of hydrogen-bond donors (Lipinski definition) is 0. The Morgan fingerprint density at radius 1 is 1.04 bits per heavy atom. The maximum Gasteiger partial charge on any atom is 0.259 e. The number of nitrogens with zero attached hydrogens (tertiary/aromatic N) is 5. The number of piperazine rings is 1. The molecule has 0 bridgehead atoms. The summed E-state index contributed by atoms with van der Waals surface area (Å²) in [4.78, 5) is 33.5. The summed E-state index contributed by atoms with van der Waals surface area (Å²) in [7, 11) is 0. The van der Waals surface area contributed by atoms with Crippen LogP contribution in [0.5, 0.6) is 0 Å². The quantitative estimate of drug-likeness (QED) is 0.642. The van der Waals surface area contributed by atoms with Crippen molar-refractivity contribution >= 4 is 40.7 Å². The number of carbonyl (C=O) groups excluding carboxylic acids is 2. The van der Waals surface area contributed by atoms with Crippen molar-refractivity contribution in [1.29, 1.82) is 0 Å². The van der Waals surface area contributed by atoms with Gasteiger partial charge in [0.1, 0.15) is 5.56 Å². The molecule has 0 N–H and O–H groups in total. The highest BCUT2D eigenvalue weighted by atomic mass is 35.5. The van der Waals surface area contributed by atoms with E-state index in [1.807, 2.05) is 0 Å². The van der Waals surface area contributed by atoms with Crippen LogP contribution < -0.4 is 0 Å². The molecule has 2 amide bonds. The highest BCUT2D eigenvalue weighted by Crippen LogP contribution is 2.23. The fourth-order valence-corrected chi connectivity index (χ4v) is 3.84. The lowest BCUT2D eigenvalue weighted by Gasteiger charge is -2.34. The van der Waals surface area contributed by atoms with E-state index in [2.05, 4.69) is 10.1 Å². The second-order valence-electron chi connectivity index (χ2n) is 6.56. The monoisotopic (exact) mass is 417 g/mol. The summed E-state index contributed by atoms with van der Waals surface area (Å²) in [6.07, 6.45) is 3.40. The summed E-state index contributed by atoms with van der Waals surface area (Å²) in [5, 5.41) is 5.15. The van der Waals surface area contributed by atoms with Crippen molar-refractivity contribution in [2.45, 2.75) is 6.92 Å². The third-order valence-electron chi connectivity index (χ3n) is 4.80. The van der Waals surface area contributed by atoms with Crippen molar-refractivity contribution in [2.24, 2.45) is 0 Å². The third-order valence-corrected chi connectivity index (χ3v) is 5.35. The van der Waals surface area contributed by atoms with Crippen LogP contribution in [0.15, 0.2) is 36.7 Å². The number of aryl methyl sites for hydroxylation is 1. The van der Waals surface area contributed by atoms with Gasteiger partial charge in [0.2, 0.25) is 0 Å².